The molecule has 0 aliphatic carbocycles. The smallest absolute Gasteiger partial charge is 0.129 e. The summed E-state index contributed by atoms with van der Waals surface area (Å²) in [6.45, 7) is 10.4. The van der Waals surface area contributed by atoms with Crippen LogP contribution in [0.5, 0.6) is 0 Å². The standard InChI is InChI=1S/C14H17N3.2C2H6/c1-10-6-12-3-4-13(7-10)17(12)14-5-2-11(8-15)9-16-14;2*1-2/h2,5,9-10,12-13H,3-4,6-7H2,1H3;2*1-2H3. The van der Waals surface area contributed by atoms with Crippen molar-refractivity contribution in [3.8, 4) is 6.07 Å². The highest BCUT2D eigenvalue weighted by molar-refractivity contribution is 5.46. The number of piperidine rings is 1. The number of aromatic nitrogens is 1. The lowest BCUT2D eigenvalue weighted by Gasteiger charge is -2.38. The predicted molar refractivity (Wildman–Crippen MR) is 89.3 cm³/mol. The Morgan fingerprint density at radius 2 is 1.67 bits per heavy atom. The van der Waals surface area contributed by atoms with E-state index in [9.17, 15) is 0 Å². The molecule has 2 aliphatic heterocycles. The zero-order chi connectivity index (χ0) is 15.8. The van der Waals surface area contributed by atoms with Crippen molar-refractivity contribution in [1.29, 1.82) is 5.26 Å². The Kier molecular flexibility index (Phi) is 7.22. The maximum absolute atomic E-state index is 8.79. The molecule has 2 bridgehead atoms. The van der Waals surface area contributed by atoms with Crippen LogP contribution in [-0.2, 0) is 0 Å². The SMILES string of the molecule is CC.CC.CC1CC2CCC(C1)N2c1ccc(C#N)cn1. The lowest BCUT2D eigenvalue weighted by atomic mass is 9.92. The van der Waals surface area contributed by atoms with Crippen molar-refractivity contribution in [2.24, 2.45) is 5.92 Å². The fourth-order valence-corrected chi connectivity index (χ4v) is 3.43. The lowest BCUT2D eigenvalue weighted by molar-refractivity contribution is 0.361. The average Bonchev–Trinajstić information content (AvgIpc) is 2.83. The minimum Gasteiger partial charge on any atom is -0.351 e. The molecule has 2 saturated heterocycles. The molecule has 116 valence electrons. The van der Waals surface area contributed by atoms with Crippen molar-refractivity contribution in [3.63, 3.8) is 0 Å². The van der Waals surface area contributed by atoms with Crippen LogP contribution in [0.1, 0.15) is 65.9 Å². The van der Waals surface area contributed by atoms with E-state index in [1.807, 2.05) is 39.8 Å². The van der Waals surface area contributed by atoms with E-state index >= 15 is 0 Å². The quantitative estimate of drug-likeness (QED) is 0.746. The third-order valence-electron chi connectivity index (χ3n) is 4.11. The molecule has 3 rings (SSSR count). The van der Waals surface area contributed by atoms with Crippen LogP contribution in [-0.4, -0.2) is 17.1 Å². The van der Waals surface area contributed by atoms with Gasteiger partial charge in [-0.05, 0) is 43.7 Å². The molecule has 0 amide bonds. The van der Waals surface area contributed by atoms with Gasteiger partial charge in [0.25, 0.3) is 0 Å². The van der Waals surface area contributed by atoms with Gasteiger partial charge in [0.15, 0.2) is 0 Å². The molecule has 0 spiro atoms. The van der Waals surface area contributed by atoms with Crippen LogP contribution in [0.2, 0.25) is 0 Å². The Bertz CT molecular complexity index is 433. The molecular formula is C18H29N3. The second-order valence-corrected chi connectivity index (χ2v) is 5.39. The van der Waals surface area contributed by atoms with Crippen molar-refractivity contribution >= 4 is 5.82 Å². The van der Waals surface area contributed by atoms with E-state index in [0.717, 1.165) is 11.7 Å². The molecule has 2 aliphatic rings. The predicted octanol–water partition coefficient (Wildman–Crippen LogP) is 4.77. The lowest BCUT2D eigenvalue weighted by Crippen LogP contribution is -2.42. The first-order valence-corrected chi connectivity index (χ1v) is 8.42. The minimum atomic E-state index is 0.645. The summed E-state index contributed by atoms with van der Waals surface area (Å²) in [7, 11) is 0. The number of nitrogens with zero attached hydrogens (tertiary/aromatic N) is 3. The number of hydrogen-bond donors (Lipinski definition) is 0. The van der Waals surface area contributed by atoms with Crippen LogP contribution in [0, 0.1) is 17.2 Å². The first kappa shape index (κ1) is 17.5. The van der Waals surface area contributed by atoms with Gasteiger partial charge in [-0.1, -0.05) is 34.6 Å². The minimum absolute atomic E-state index is 0.645. The second-order valence-electron chi connectivity index (χ2n) is 5.39. The van der Waals surface area contributed by atoms with E-state index in [0.29, 0.717) is 17.6 Å². The molecule has 1 aromatic heterocycles. The van der Waals surface area contributed by atoms with Gasteiger partial charge in [0, 0.05) is 18.3 Å². The second kappa shape index (κ2) is 8.67. The van der Waals surface area contributed by atoms with Crippen molar-refractivity contribution in [3.05, 3.63) is 23.9 Å². The van der Waals surface area contributed by atoms with Crippen LogP contribution < -0.4 is 4.90 Å². The zero-order valence-electron chi connectivity index (χ0n) is 14.1. The fraction of sp³-hybridized carbons (Fsp3) is 0.667. The molecule has 21 heavy (non-hydrogen) atoms. The molecule has 0 N–H and O–H groups in total. The number of hydrogen-bond acceptors (Lipinski definition) is 3. The molecule has 2 unspecified atom stereocenters. The summed E-state index contributed by atoms with van der Waals surface area (Å²) in [6, 6.07) is 7.34. The van der Waals surface area contributed by atoms with E-state index in [1.165, 1.54) is 25.7 Å². The van der Waals surface area contributed by atoms with Crippen LogP contribution in [0.25, 0.3) is 0 Å². The number of pyridine rings is 1. The van der Waals surface area contributed by atoms with Gasteiger partial charge in [-0.3, -0.25) is 0 Å². The van der Waals surface area contributed by atoms with E-state index in [2.05, 4.69) is 22.9 Å². The Morgan fingerprint density at radius 3 is 2.10 bits per heavy atom. The normalized spacial score (nSPS) is 25.9. The summed E-state index contributed by atoms with van der Waals surface area (Å²) in [5, 5.41) is 8.79. The summed E-state index contributed by atoms with van der Waals surface area (Å²) < 4.78 is 0. The number of fused-ring (bicyclic) bond motifs is 2. The third kappa shape index (κ3) is 3.97. The number of nitriles is 1. The van der Waals surface area contributed by atoms with Crippen molar-refractivity contribution < 1.29 is 0 Å². The van der Waals surface area contributed by atoms with Gasteiger partial charge in [0.05, 0.1) is 5.56 Å². The van der Waals surface area contributed by atoms with E-state index in [4.69, 9.17) is 5.26 Å². The van der Waals surface area contributed by atoms with E-state index in [-0.39, 0.29) is 0 Å². The molecule has 3 heterocycles. The molecule has 0 radical (unpaired) electrons. The van der Waals surface area contributed by atoms with Gasteiger partial charge < -0.3 is 4.90 Å². The summed E-state index contributed by atoms with van der Waals surface area (Å²) in [4.78, 5) is 6.93. The highest BCUT2D eigenvalue weighted by Crippen LogP contribution is 2.40. The molecule has 2 fully saturated rings. The number of rotatable bonds is 1. The molecule has 0 aromatic carbocycles. The Morgan fingerprint density at radius 1 is 1.10 bits per heavy atom. The summed E-state index contributed by atoms with van der Waals surface area (Å²) in [5.41, 5.74) is 0.645. The summed E-state index contributed by atoms with van der Waals surface area (Å²) in [5.74, 6) is 1.91. The van der Waals surface area contributed by atoms with Gasteiger partial charge in [-0.15, -0.1) is 0 Å². The molecule has 3 heteroatoms. The highest BCUT2D eigenvalue weighted by atomic mass is 15.3. The van der Waals surface area contributed by atoms with Crippen molar-refractivity contribution in [2.75, 3.05) is 4.90 Å². The van der Waals surface area contributed by atoms with Crippen LogP contribution in [0.4, 0.5) is 5.82 Å². The first-order valence-electron chi connectivity index (χ1n) is 8.42. The highest BCUT2D eigenvalue weighted by Gasteiger charge is 2.39. The Hall–Kier alpha value is -1.56. The largest absolute Gasteiger partial charge is 0.351 e. The van der Waals surface area contributed by atoms with E-state index in [1.54, 1.807) is 6.20 Å². The monoisotopic (exact) mass is 287 g/mol. The zero-order valence-corrected chi connectivity index (χ0v) is 14.1. The summed E-state index contributed by atoms with van der Waals surface area (Å²) in [6.07, 6.45) is 6.87. The van der Waals surface area contributed by atoms with Gasteiger partial charge in [0.1, 0.15) is 11.9 Å². The molecule has 1 aromatic rings. The third-order valence-corrected chi connectivity index (χ3v) is 4.11. The Balaban J connectivity index is 0.000000510. The van der Waals surface area contributed by atoms with Gasteiger partial charge in [-0.2, -0.15) is 5.26 Å². The average molecular weight is 287 g/mol. The van der Waals surface area contributed by atoms with Crippen molar-refractivity contribution in [2.45, 2.75) is 72.4 Å². The van der Waals surface area contributed by atoms with Crippen LogP contribution in [0.3, 0.4) is 0 Å². The molecule has 0 saturated carbocycles. The molecular weight excluding hydrogens is 258 g/mol. The van der Waals surface area contributed by atoms with Crippen molar-refractivity contribution in [1.82, 2.24) is 4.98 Å². The maximum Gasteiger partial charge on any atom is 0.129 e. The molecule has 2 atom stereocenters. The van der Waals surface area contributed by atoms with E-state index < -0.39 is 0 Å². The topological polar surface area (TPSA) is 39.9 Å². The van der Waals surface area contributed by atoms with Crippen LogP contribution >= 0.6 is 0 Å². The van der Waals surface area contributed by atoms with Crippen LogP contribution in [0.15, 0.2) is 18.3 Å². The molecule has 3 nitrogen and oxygen atoms in total. The Labute approximate surface area is 130 Å². The number of anilines is 1. The van der Waals surface area contributed by atoms with Gasteiger partial charge >= 0.3 is 0 Å². The van der Waals surface area contributed by atoms with Gasteiger partial charge in [-0.25, -0.2) is 4.98 Å². The maximum atomic E-state index is 8.79. The van der Waals surface area contributed by atoms with Gasteiger partial charge in [0.2, 0.25) is 0 Å². The summed E-state index contributed by atoms with van der Waals surface area (Å²) >= 11 is 0. The fourth-order valence-electron chi connectivity index (χ4n) is 3.43. The first-order chi connectivity index (χ1) is 10.3.